The number of amides is 1. The van der Waals surface area contributed by atoms with E-state index in [1.165, 1.54) is 0 Å². The van der Waals surface area contributed by atoms with E-state index in [2.05, 4.69) is 16.0 Å². The predicted molar refractivity (Wildman–Crippen MR) is 93.7 cm³/mol. The van der Waals surface area contributed by atoms with Crippen molar-refractivity contribution in [2.45, 2.75) is 25.7 Å². The molecule has 2 fully saturated rings. The van der Waals surface area contributed by atoms with Gasteiger partial charge in [-0.25, -0.2) is 0 Å². The standard InChI is InChI=1S/C20H24N2O2/c23-20(12-15-11-17-3-1-2-4-19(17)21-13-15)22-8-5-18(14-22)16-6-9-24-10-7-16/h1-4,11,13,16,18H,5-10,12,14H2. The predicted octanol–water partition coefficient (Wildman–Crippen LogP) is 3.05. The molecule has 0 radical (unpaired) electrons. The average molecular weight is 324 g/mol. The molecule has 1 aromatic heterocycles. The summed E-state index contributed by atoms with van der Waals surface area (Å²) in [7, 11) is 0. The molecule has 0 bridgehead atoms. The van der Waals surface area contributed by atoms with Crippen LogP contribution in [0.4, 0.5) is 0 Å². The van der Waals surface area contributed by atoms with Crippen LogP contribution in [-0.2, 0) is 16.0 Å². The van der Waals surface area contributed by atoms with E-state index >= 15 is 0 Å². The van der Waals surface area contributed by atoms with Gasteiger partial charge in [0.05, 0.1) is 11.9 Å². The van der Waals surface area contributed by atoms with Gasteiger partial charge in [-0.1, -0.05) is 18.2 Å². The maximum absolute atomic E-state index is 12.7. The third-order valence-electron chi connectivity index (χ3n) is 5.51. The molecule has 2 saturated heterocycles. The number of rotatable bonds is 3. The summed E-state index contributed by atoms with van der Waals surface area (Å²) in [5.41, 5.74) is 1.99. The Hall–Kier alpha value is -1.94. The molecule has 4 rings (SSSR count). The van der Waals surface area contributed by atoms with Crippen molar-refractivity contribution in [3.8, 4) is 0 Å². The van der Waals surface area contributed by atoms with Crippen LogP contribution in [0.1, 0.15) is 24.8 Å². The van der Waals surface area contributed by atoms with Crippen LogP contribution in [0.2, 0.25) is 0 Å². The lowest BCUT2D eigenvalue weighted by Crippen LogP contribution is -2.32. The normalized spacial score (nSPS) is 22.2. The number of benzene rings is 1. The molecule has 2 aromatic rings. The lowest BCUT2D eigenvalue weighted by atomic mass is 9.85. The van der Waals surface area contributed by atoms with Gasteiger partial charge in [0.2, 0.25) is 5.91 Å². The van der Waals surface area contributed by atoms with Crippen LogP contribution in [0.15, 0.2) is 36.5 Å². The molecule has 1 amide bonds. The van der Waals surface area contributed by atoms with E-state index in [0.29, 0.717) is 12.3 Å². The van der Waals surface area contributed by atoms with Gasteiger partial charge in [0.15, 0.2) is 0 Å². The van der Waals surface area contributed by atoms with Crippen LogP contribution in [0.5, 0.6) is 0 Å². The van der Waals surface area contributed by atoms with Crippen LogP contribution in [0, 0.1) is 11.8 Å². The Morgan fingerprint density at radius 2 is 2.00 bits per heavy atom. The lowest BCUT2D eigenvalue weighted by Gasteiger charge is -2.27. The molecule has 4 nitrogen and oxygen atoms in total. The van der Waals surface area contributed by atoms with Crippen molar-refractivity contribution in [3.63, 3.8) is 0 Å². The average Bonchev–Trinajstić information content (AvgIpc) is 3.13. The van der Waals surface area contributed by atoms with Crippen molar-refractivity contribution in [3.05, 3.63) is 42.1 Å². The first-order valence-corrected chi connectivity index (χ1v) is 8.99. The summed E-state index contributed by atoms with van der Waals surface area (Å²) in [6.07, 6.45) is 5.75. The summed E-state index contributed by atoms with van der Waals surface area (Å²) >= 11 is 0. The highest BCUT2D eigenvalue weighted by Crippen LogP contribution is 2.31. The summed E-state index contributed by atoms with van der Waals surface area (Å²) in [6, 6.07) is 10.1. The topological polar surface area (TPSA) is 42.4 Å². The van der Waals surface area contributed by atoms with Gasteiger partial charge in [0.1, 0.15) is 0 Å². The number of nitrogens with zero attached hydrogens (tertiary/aromatic N) is 2. The fourth-order valence-corrected chi connectivity index (χ4v) is 4.09. The van der Waals surface area contributed by atoms with Gasteiger partial charge in [-0.2, -0.15) is 0 Å². The van der Waals surface area contributed by atoms with Crippen molar-refractivity contribution in [1.82, 2.24) is 9.88 Å². The molecule has 0 spiro atoms. The van der Waals surface area contributed by atoms with Crippen molar-refractivity contribution < 1.29 is 9.53 Å². The molecule has 0 saturated carbocycles. The maximum Gasteiger partial charge on any atom is 0.227 e. The first-order chi connectivity index (χ1) is 11.8. The lowest BCUT2D eigenvalue weighted by molar-refractivity contribution is -0.129. The SMILES string of the molecule is O=C(Cc1cnc2ccccc2c1)N1CCC(C2CCOCC2)C1. The van der Waals surface area contributed by atoms with Gasteiger partial charge >= 0.3 is 0 Å². The molecular weight excluding hydrogens is 300 g/mol. The number of para-hydroxylation sites is 1. The highest BCUT2D eigenvalue weighted by atomic mass is 16.5. The van der Waals surface area contributed by atoms with Crippen molar-refractivity contribution in [2.24, 2.45) is 11.8 Å². The zero-order valence-corrected chi connectivity index (χ0v) is 14.0. The molecule has 2 aliphatic heterocycles. The van der Waals surface area contributed by atoms with Gasteiger partial charge in [0, 0.05) is 37.9 Å². The molecule has 126 valence electrons. The van der Waals surface area contributed by atoms with Crippen molar-refractivity contribution >= 4 is 16.8 Å². The van der Waals surface area contributed by atoms with Crippen molar-refractivity contribution in [1.29, 1.82) is 0 Å². The molecule has 1 unspecified atom stereocenters. The highest BCUT2D eigenvalue weighted by molar-refractivity contribution is 5.82. The van der Waals surface area contributed by atoms with Crippen LogP contribution in [0.25, 0.3) is 10.9 Å². The number of fused-ring (bicyclic) bond motifs is 1. The summed E-state index contributed by atoms with van der Waals surface area (Å²) < 4.78 is 5.46. The third-order valence-corrected chi connectivity index (χ3v) is 5.51. The van der Waals surface area contributed by atoms with E-state index in [1.807, 2.05) is 30.5 Å². The molecule has 4 heteroatoms. The molecule has 1 atom stereocenters. The van der Waals surface area contributed by atoms with Crippen LogP contribution < -0.4 is 0 Å². The maximum atomic E-state index is 12.7. The van der Waals surface area contributed by atoms with E-state index in [9.17, 15) is 4.79 Å². The molecule has 24 heavy (non-hydrogen) atoms. The Kier molecular flexibility index (Phi) is 4.48. The number of pyridine rings is 1. The quantitative estimate of drug-likeness (QED) is 0.871. The van der Waals surface area contributed by atoms with E-state index < -0.39 is 0 Å². The Morgan fingerprint density at radius 1 is 1.17 bits per heavy atom. The number of carbonyl (C=O) groups is 1. The Labute approximate surface area is 142 Å². The summed E-state index contributed by atoms with van der Waals surface area (Å²) in [4.78, 5) is 19.2. The number of likely N-dealkylation sites (tertiary alicyclic amines) is 1. The number of hydrogen-bond donors (Lipinski definition) is 0. The second-order valence-electron chi connectivity index (χ2n) is 7.05. The van der Waals surface area contributed by atoms with Crippen LogP contribution in [0.3, 0.4) is 0 Å². The minimum atomic E-state index is 0.238. The minimum Gasteiger partial charge on any atom is -0.381 e. The van der Waals surface area contributed by atoms with Gasteiger partial charge in [0.25, 0.3) is 0 Å². The van der Waals surface area contributed by atoms with Gasteiger partial charge in [-0.15, -0.1) is 0 Å². The number of hydrogen-bond acceptors (Lipinski definition) is 3. The number of ether oxygens (including phenoxy) is 1. The first-order valence-electron chi connectivity index (χ1n) is 8.99. The van der Waals surface area contributed by atoms with E-state index in [0.717, 1.165) is 68.0 Å². The molecule has 0 aliphatic carbocycles. The fourth-order valence-electron chi connectivity index (χ4n) is 4.09. The van der Waals surface area contributed by atoms with Crippen LogP contribution >= 0.6 is 0 Å². The Morgan fingerprint density at radius 3 is 2.88 bits per heavy atom. The molecular formula is C20H24N2O2. The molecule has 2 aliphatic rings. The summed E-state index contributed by atoms with van der Waals surface area (Å²) in [6.45, 7) is 3.60. The second kappa shape index (κ2) is 6.89. The summed E-state index contributed by atoms with van der Waals surface area (Å²) in [5.74, 6) is 1.63. The first kappa shape index (κ1) is 15.6. The molecule has 0 N–H and O–H groups in total. The van der Waals surface area contributed by atoms with Gasteiger partial charge < -0.3 is 9.64 Å². The number of carbonyl (C=O) groups excluding carboxylic acids is 1. The zero-order valence-electron chi connectivity index (χ0n) is 14.0. The molecule has 3 heterocycles. The van der Waals surface area contributed by atoms with Crippen LogP contribution in [-0.4, -0.2) is 42.1 Å². The monoisotopic (exact) mass is 324 g/mol. The number of aromatic nitrogens is 1. The van der Waals surface area contributed by atoms with Gasteiger partial charge in [-0.3, -0.25) is 9.78 Å². The molecule has 1 aromatic carbocycles. The van der Waals surface area contributed by atoms with Crippen molar-refractivity contribution in [2.75, 3.05) is 26.3 Å². The minimum absolute atomic E-state index is 0.238. The van der Waals surface area contributed by atoms with E-state index in [4.69, 9.17) is 4.74 Å². The smallest absolute Gasteiger partial charge is 0.227 e. The largest absolute Gasteiger partial charge is 0.381 e. The Balaban J connectivity index is 1.38. The third kappa shape index (κ3) is 3.29. The second-order valence-corrected chi connectivity index (χ2v) is 7.05. The summed E-state index contributed by atoms with van der Waals surface area (Å²) in [5, 5.41) is 1.10. The van der Waals surface area contributed by atoms with Gasteiger partial charge in [-0.05, 0) is 48.8 Å². The fraction of sp³-hybridized carbons (Fsp3) is 0.500. The van der Waals surface area contributed by atoms with E-state index in [-0.39, 0.29) is 5.91 Å². The highest BCUT2D eigenvalue weighted by Gasteiger charge is 2.32. The zero-order chi connectivity index (χ0) is 16.4. The Bertz CT molecular complexity index is 724. The van der Waals surface area contributed by atoms with E-state index in [1.54, 1.807) is 0 Å².